The smallest absolute Gasteiger partial charge is 0.258 e. The van der Waals surface area contributed by atoms with Gasteiger partial charge in [0.1, 0.15) is 9.79 Å². The molecule has 0 radical (unpaired) electrons. The maximum absolute atomic E-state index is 14.0. The number of benzene rings is 4. The van der Waals surface area contributed by atoms with Crippen molar-refractivity contribution in [2.45, 2.75) is 15.4 Å². The second-order valence-electron chi connectivity index (χ2n) is 8.80. The summed E-state index contributed by atoms with van der Waals surface area (Å²) >= 11 is 0. The van der Waals surface area contributed by atoms with E-state index in [0.29, 0.717) is 5.69 Å². The Morgan fingerprint density at radius 3 is 2.13 bits per heavy atom. The summed E-state index contributed by atoms with van der Waals surface area (Å²) in [6.45, 7) is -0.361. The molecule has 39 heavy (non-hydrogen) atoms. The van der Waals surface area contributed by atoms with Gasteiger partial charge in [0.25, 0.3) is 18.0 Å². The second-order valence-corrected chi connectivity index (χ2v) is 12.7. The molecular weight excluding hydrogens is 546 g/mol. The van der Waals surface area contributed by atoms with Crippen molar-refractivity contribution in [3.8, 4) is 11.1 Å². The zero-order valence-corrected chi connectivity index (χ0v) is 21.7. The summed E-state index contributed by atoms with van der Waals surface area (Å²) in [5.74, 6) is 0. The van der Waals surface area contributed by atoms with Crippen molar-refractivity contribution in [3.05, 3.63) is 113 Å². The molecule has 13 heteroatoms. The highest BCUT2D eigenvalue weighted by atomic mass is 32.2. The Labute approximate surface area is 223 Å². The number of hydroxylamine groups is 2. The summed E-state index contributed by atoms with van der Waals surface area (Å²) in [6, 6.07) is 25.9. The van der Waals surface area contributed by atoms with Crippen molar-refractivity contribution in [1.82, 2.24) is 4.05 Å². The standard InChI is InChI=1S/C26H20N3O8S2/c30-28(31)21-12-7-9-19(17-21)23-15-8-16-24(38(32,33)26-27(37-26)20-10-3-1-4-11-20)25(23)29(18-36-29)39(34,35)22-13-5-2-6-14-22/h1-17,26H,18H2/q+1. The van der Waals surface area contributed by atoms with Gasteiger partial charge in [-0.3, -0.25) is 10.1 Å². The molecule has 0 bridgehead atoms. The molecule has 198 valence electrons. The zero-order valence-electron chi connectivity index (χ0n) is 20.0. The largest absolute Gasteiger partial charge is 0.364 e. The van der Waals surface area contributed by atoms with Crippen LogP contribution in [0.4, 0.5) is 17.1 Å². The van der Waals surface area contributed by atoms with E-state index in [4.69, 9.17) is 9.68 Å². The summed E-state index contributed by atoms with van der Waals surface area (Å²) in [5, 5.41) is 12.7. The average Bonchev–Trinajstić information content (AvgIpc) is 3.88. The van der Waals surface area contributed by atoms with Crippen LogP contribution < -0.4 is 9.11 Å². The molecule has 2 heterocycles. The van der Waals surface area contributed by atoms with Gasteiger partial charge in [0, 0.05) is 17.7 Å². The minimum Gasteiger partial charge on any atom is -0.258 e. The highest BCUT2D eigenvalue weighted by Crippen LogP contribution is 2.52. The van der Waals surface area contributed by atoms with Crippen LogP contribution in [-0.4, -0.2) is 34.0 Å². The van der Waals surface area contributed by atoms with E-state index in [1.807, 2.05) is 0 Å². The van der Waals surface area contributed by atoms with Crippen LogP contribution in [0.1, 0.15) is 0 Å². The molecule has 0 saturated carbocycles. The number of sulfone groups is 1. The third kappa shape index (κ3) is 4.07. The molecule has 4 aromatic rings. The van der Waals surface area contributed by atoms with Crippen LogP contribution in [-0.2, 0) is 29.5 Å². The summed E-state index contributed by atoms with van der Waals surface area (Å²) < 4.78 is 54.6. The molecular formula is C26H20N3O8S2+. The van der Waals surface area contributed by atoms with E-state index >= 15 is 0 Å². The van der Waals surface area contributed by atoms with Crippen molar-refractivity contribution in [2.24, 2.45) is 0 Å². The van der Waals surface area contributed by atoms with Gasteiger partial charge in [-0.05, 0) is 46.0 Å². The van der Waals surface area contributed by atoms with Gasteiger partial charge in [0.2, 0.25) is 15.5 Å². The zero-order chi connectivity index (χ0) is 27.4. The number of hydrogen-bond donors (Lipinski definition) is 0. The first-order valence-electron chi connectivity index (χ1n) is 11.6. The maximum atomic E-state index is 14.0. The number of anilines is 1. The SMILES string of the molecule is O=[N+]([O-])c1cccc(-c2cccc(S(=O)(=O)C3ON3c3ccccc3)c2[N+]2(S(=O)(=O)c3ccccc3)CO2)c1. The molecule has 6 rings (SSSR count). The van der Waals surface area contributed by atoms with E-state index in [1.54, 1.807) is 54.6 Å². The Balaban J connectivity index is 1.57. The van der Waals surface area contributed by atoms with Crippen LogP contribution in [0.3, 0.4) is 0 Å². The fraction of sp³-hybridized carbons (Fsp3) is 0.0769. The lowest BCUT2D eigenvalue weighted by molar-refractivity contribution is -0.384. The summed E-state index contributed by atoms with van der Waals surface area (Å²) in [5.41, 5.74) is -0.903. The van der Waals surface area contributed by atoms with Crippen molar-refractivity contribution < 1.29 is 31.4 Å². The normalized spacial score (nSPS) is 20.4. The summed E-state index contributed by atoms with van der Waals surface area (Å²) in [7, 11) is -8.66. The van der Waals surface area contributed by atoms with Crippen LogP contribution in [0.2, 0.25) is 0 Å². The lowest BCUT2D eigenvalue weighted by Gasteiger charge is -2.18. The van der Waals surface area contributed by atoms with E-state index in [0.717, 1.165) is 0 Å². The highest BCUT2D eigenvalue weighted by molar-refractivity contribution is 7.93. The minimum atomic E-state index is -4.33. The van der Waals surface area contributed by atoms with Crippen molar-refractivity contribution in [2.75, 3.05) is 11.8 Å². The molecule has 0 aromatic heterocycles. The van der Waals surface area contributed by atoms with Crippen molar-refractivity contribution >= 4 is 36.9 Å². The number of nitro groups is 1. The molecule has 0 aliphatic carbocycles. The number of quaternary nitrogens is 1. The molecule has 0 spiro atoms. The minimum absolute atomic E-state index is 0.0757. The highest BCUT2D eigenvalue weighted by Gasteiger charge is 2.65. The predicted molar refractivity (Wildman–Crippen MR) is 141 cm³/mol. The van der Waals surface area contributed by atoms with E-state index in [1.165, 1.54) is 53.6 Å². The molecule has 2 aliphatic rings. The lowest BCUT2D eigenvalue weighted by atomic mass is 10.0. The predicted octanol–water partition coefficient (Wildman–Crippen LogP) is 4.37. The molecule has 2 unspecified atom stereocenters. The van der Waals surface area contributed by atoms with E-state index in [9.17, 15) is 26.9 Å². The number of para-hydroxylation sites is 2. The molecule has 2 aliphatic heterocycles. The first-order valence-corrected chi connectivity index (χ1v) is 14.6. The summed E-state index contributed by atoms with van der Waals surface area (Å²) in [4.78, 5) is 21.5. The van der Waals surface area contributed by atoms with Gasteiger partial charge in [-0.1, -0.05) is 54.6 Å². The molecule has 2 saturated heterocycles. The first kappa shape index (κ1) is 25.2. The molecule has 0 N–H and O–H groups in total. The lowest BCUT2D eigenvalue weighted by Crippen LogP contribution is -2.36. The van der Waals surface area contributed by atoms with Gasteiger partial charge in [-0.25, -0.2) is 18.3 Å². The average molecular weight is 567 g/mol. The van der Waals surface area contributed by atoms with Gasteiger partial charge in [-0.15, -0.1) is 4.84 Å². The van der Waals surface area contributed by atoms with Crippen LogP contribution in [0, 0.1) is 10.1 Å². The quantitative estimate of drug-likeness (QED) is 0.132. The van der Waals surface area contributed by atoms with Gasteiger partial charge in [0.15, 0.2) is 0 Å². The maximum Gasteiger partial charge on any atom is 0.364 e. The summed E-state index contributed by atoms with van der Waals surface area (Å²) in [6.07, 6.45) is 0. The van der Waals surface area contributed by atoms with Crippen LogP contribution >= 0.6 is 0 Å². The topological polar surface area (TPSA) is 139 Å². The van der Waals surface area contributed by atoms with E-state index in [-0.39, 0.29) is 39.0 Å². The Kier molecular flexibility index (Phi) is 5.78. The number of nitrogens with zero attached hydrogens (tertiary/aromatic N) is 3. The molecule has 4 aromatic carbocycles. The van der Waals surface area contributed by atoms with Crippen LogP contribution in [0.25, 0.3) is 11.1 Å². The monoisotopic (exact) mass is 566 g/mol. The Hall–Kier alpha value is -4.14. The van der Waals surface area contributed by atoms with E-state index in [2.05, 4.69) is 0 Å². The van der Waals surface area contributed by atoms with Crippen molar-refractivity contribution in [1.29, 1.82) is 0 Å². The van der Waals surface area contributed by atoms with Gasteiger partial charge in [-0.2, -0.15) is 8.42 Å². The number of hydrogen-bond acceptors (Lipinski definition) is 9. The van der Waals surface area contributed by atoms with Crippen molar-refractivity contribution in [3.63, 3.8) is 0 Å². The molecule has 11 nitrogen and oxygen atoms in total. The molecule has 2 atom stereocenters. The Morgan fingerprint density at radius 1 is 0.846 bits per heavy atom. The second kappa shape index (κ2) is 8.97. The van der Waals surface area contributed by atoms with Gasteiger partial charge in [0.05, 0.1) is 10.6 Å². The molecule has 0 amide bonds. The van der Waals surface area contributed by atoms with Gasteiger partial charge < -0.3 is 0 Å². The van der Waals surface area contributed by atoms with E-state index < -0.39 is 34.4 Å². The molecule has 2 fully saturated rings. The Bertz CT molecular complexity index is 1810. The number of non-ortho nitro benzene ring substituents is 1. The van der Waals surface area contributed by atoms with Gasteiger partial charge >= 0.3 is 10.0 Å². The number of nitro benzene ring substituents is 1. The first-order chi connectivity index (χ1) is 18.7. The fourth-order valence-corrected chi connectivity index (χ4v) is 7.70. The van der Waals surface area contributed by atoms with Crippen LogP contribution in [0.5, 0.6) is 0 Å². The number of sulfonamides is 1. The third-order valence-corrected chi connectivity index (χ3v) is 10.2. The fourth-order valence-electron chi connectivity index (χ4n) is 4.45. The van der Waals surface area contributed by atoms with Crippen LogP contribution in [0.15, 0.2) is 113 Å². The Morgan fingerprint density at radius 2 is 1.49 bits per heavy atom. The third-order valence-electron chi connectivity index (χ3n) is 6.43. The number of rotatable bonds is 8.